The molecule has 2 aromatic heterocycles. The number of aliphatic hydroxyl groups is 1. The number of hydrogen-bond acceptors (Lipinski definition) is 11. The molecule has 1 aliphatic heterocycles. The van der Waals surface area contributed by atoms with Gasteiger partial charge >= 0.3 is 6.09 Å². The predicted octanol–water partition coefficient (Wildman–Crippen LogP) is 0.101. The average molecular weight is 414 g/mol. The molecular formula is C15H22N6O6S. The van der Waals surface area contributed by atoms with Gasteiger partial charge in [0.1, 0.15) is 18.2 Å². The Hall–Kier alpha value is -2.06. The first-order valence-electron chi connectivity index (χ1n) is 8.58. The number of primary amides is 1. The van der Waals surface area contributed by atoms with Gasteiger partial charge in [-0.15, -0.1) is 5.10 Å². The van der Waals surface area contributed by atoms with Crippen LogP contribution >= 0.6 is 11.8 Å². The number of hydrogen-bond donors (Lipinski definition) is 2. The van der Waals surface area contributed by atoms with Gasteiger partial charge in [0, 0.05) is 20.0 Å². The lowest BCUT2D eigenvalue weighted by Gasteiger charge is -2.23. The van der Waals surface area contributed by atoms with Gasteiger partial charge in [-0.1, -0.05) is 23.9 Å². The fraction of sp³-hybridized carbons (Fsp3) is 0.667. The van der Waals surface area contributed by atoms with E-state index in [4.69, 9.17) is 24.7 Å². The summed E-state index contributed by atoms with van der Waals surface area (Å²) in [6, 6.07) is -0.594. The molecule has 0 spiro atoms. The number of rotatable bonds is 8. The van der Waals surface area contributed by atoms with Gasteiger partial charge in [0.2, 0.25) is 0 Å². The minimum Gasteiger partial charge on any atom is -0.389 e. The zero-order valence-corrected chi connectivity index (χ0v) is 16.5. The quantitative estimate of drug-likeness (QED) is 0.343. The van der Waals surface area contributed by atoms with Crippen molar-refractivity contribution >= 4 is 29.0 Å². The second kappa shape index (κ2) is 8.96. The van der Waals surface area contributed by atoms with Crippen LogP contribution in [0.5, 0.6) is 5.88 Å². The third kappa shape index (κ3) is 4.03. The van der Waals surface area contributed by atoms with E-state index < -0.39 is 30.6 Å². The molecule has 3 rings (SSSR count). The molecule has 0 radical (unpaired) electrons. The number of nitrogens with zero attached hydrogens (tertiary/aromatic N) is 5. The molecule has 1 amide bonds. The van der Waals surface area contributed by atoms with Crippen LogP contribution in [0.4, 0.5) is 4.79 Å². The van der Waals surface area contributed by atoms with Gasteiger partial charge in [0.05, 0.1) is 6.61 Å². The van der Waals surface area contributed by atoms with Crippen molar-refractivity contribution in [3.05, 3.63) is 0 Å². The minimum atomic E-state index is -1.02. The number of amides is 1. The lowest BCUT2D eigenvalue weighted by Crippen LogP contribution is -2.39. The van der Waals surface area contributed by atoms with Gasteiger partial charge in [-0.25, -0.2) is 14.5 Å². The van der Waals surface area contributed by atoms with Crippen LogP contribution in [0.1, 0.15) is 19.4 Å². The molecular weight excluding hydrogens is 392 g/mol. The molecule has 28 heavy (non-hydrogen) atoms. The van der Waals surface area contributed by atoms with Crippen LogP contribution in [-0.4, -0.2) is 81.2 Å². The number of aromatic nitrogens is 5. The number of nitrogens with two attached hydrogens (primary N) is 1. The molecule has 13 heteroatoms. The lowest BCUT2D eigenvalue weighted by atomic mass is 10.1. The van der Waals surface area contributed by atoms with Gasteiger partial charge in [0.15, 0.2) is 22.6 Å². The largest absolute Gasteiger partial charge is 0.411 e. The molecule has 1 saturated heterocycles. The van der Waals surface area contributed by atoms with E-state index in [0.717, 1.165) is 12.2 Å². The molecule has 12 nitrogen and oxygen atoms in total. The Morgan fingerprint density at radius 3 is 2.82 bits per heavy atom. The van der Waals surface area contributed by atoms with E-state index in [-0.39, 0.29) is 18.0 Å². The van der Waals surface area contributed by atoms with Crippen molar-refractivity contribution < 1.29 is 28.8 Å². The topological polar surface area (TPSA) is 157 Å². The maximum Gasteiger partial charge on any atom is 0.411 e. The highest BCUT2D eigenvalue weighted by Crippen LogP contribution is 2.32. The monoisotopic (exact) mass is 414 g/mol. The molecule has 3 atom stereocenters. The zero-order valence-electron chi connectivity index (χ0n) is 15.6. The van der Waals surface area contributed by atoms with Gasteiger partial charge in [-0.05, 0) is 6.42 Å². The van der Waals surface area contributed by atoms with E-state index in [9.17, 15) is 9.90 Å². The lowest BCUT2D eigenvalue weighted by molar-refractivity contribution is -0.185. The second-order valence-corrected chi connectivity index (χ2v) is 7.04. The summed E-state index contributed by atoms with van der Waals surface area (Å²) in [5.41, 5.74) is 5.58. The number of carbonyl (C=O) groups excluding carboxylic acids is 1. The molecule has 0 unspecified atom stereocenters. The Bertz CT molecular complexity index is 831. The van der Waals surface area contributed by atoms with Crippen molar-refractivity contribution in [1.29, 1.82) is 0 Å². The highest BCUT2D eigenvalue weighted by molar-refractivity contribution is 7.99. The predicted molar refractivity (Wildman–Crippen MR) is 96.9 cm³/mol. The minimum absolute atomic E-state index is 0.0843. The molecule has 1 fully saturated rings. The maximum absolute atomic E-state index is 11.2. The average Bonchev–Trinajstić information content (AvgIpc) is 3.25. The van der Waals surface area contributed by atoms with E-state index in [1.54, 1.807) is 0 Å². The van der Waals surface area contributed by atoms with Crippen molar-refractivity contribution in [3.8, 4) is 5.88 Å². The normalized spacial score (nSPS) is 22.2. The van der Waals surface area contributed by atoms with E-state index in [1.165, 1.54) is 30.7 Å². The summed E-state index contributed by atoms with van der Waals surface area (Å²) in [4.78, 5) is 19.9. The van der Waals surface area contributed by atoms with E-state index in [1.807, 2.05) is 6.92 Å². The Morgan fingerprint density at radius 1 is 1.43 bits per heavy atom. The Balaban J connectivity index is 1.98. The standard InChI is InChI=1S/C15H22N6O6S/c1-4-5-28-15-17-11-8(12(18-15)27-14(16)23)19-20-21(11)7-6-26-10(9(7)22)13(24-2)25-3/h7,9-10,13,22H,4-6H2,1-3H3,(H2,16,23)/t7-,9+,10+/m0/s1. The summed E-state index contributed by atoms with van der Waals surface area (Å²) in [6.07, 6.45) is -2.56. The van der Waals surface area contributed by atoms with Crippen LogP contribution < -0.4 is 10.5 Å². The summed E-state index contributed by atoms with van der Waals surface area (Å²) in [5, 5.41) is 19.2. The maximum atomic E-state index is 11.2. The number of ether oxygens (including phenoxy) is 4. The van der Waals surface area contributed by atoms with Gasteiger partial charge in [0.25, 0.3) is 5.88 Å². The fourth-order valence-corrected chi connectivity index (χ4v) is 3.56. The Morgan fingerprint density at radius 2 is 2.18 bits per heavy atom. The molecule has 3 heterocycles. The second-order valence-electron chi connectivity index (χ2n) is 5.98. The first-order chi connectivity index (χ1) is 13.5. The number of aliphatic hydroxyl groups excluding tert-OH is 1. The molecule has 0 bridgehead atoms. The van der Waals surface area contributed by atoms with Crippen LogP contribution in [-0.2, 0) is 14.2 Å². The van der Waals surface area contributed by atoms with E-state index in [2.05, 4.69) is 20.3 Å². The van der Waals surface area contributed by atoms with Gasteiger partial charge in [-0.2, -0.15) is 4.98 Å². The number of thioether (sulfide) groups is 1. The highest BCUT2D eigenvalue weighted by atomic mass is 32.2. The summed E-state index contributed by atoms with van der Waals surface area (Å²) in [6.45, 7) is 2.16. The van der Waals surface area contributed by atoms with Crippen molar-refractivity contribution in [2.75, 3.05) is 26.6 Å². The summed E-state index contributed by atoms with van der Waals surface area (Å²) < 4.78 is 22.4. The van der Waals surface area contributed by atoms with Crippen LogP contribution in [0, 0.1) is 0 Å². The fourth-order valence-electron chi connectivity index (χ4n) is 2.88. The molecule has 3 N–H and O–H groups in total. The first-order valence-corrected chi connectivity index (χ1v) is 9.57. The Labute approximate surface area is 164 Å². The van der Waals surface area contributed by atoms with Crippen molar-refractivity contribution in [1.82, 2.24) is 25.0 Å². The molecule has 0 saturated carbocycles. The van der Waals surface area contributed by atoms with Crippen LogP contribution in [0.3, 0.4) is 0 Å². The summed E-state index contributed by atoms with van der Waals surface area (Å²) in [7, 11) is 2.92. The van der Waals surface area contributed by atoms with E-state index in [0.29, 0.717) is 10.8 Å². The Kier molecular flexibility index (Phi) is 6.61. The van der Waals surface area contributed by atoms with Crippen molar-refractivity contribution in [2.24, 2.45) is 5.73 Å². The number of methoxy groups -OCH3 is 2. The third-order valence-corrected chi connectivity index (χ3v) is 5.19. The number of fused-ring (bicyclic) bond motifs is 1. The van der Waals surface area contributed by atoms with Crippen molar-refractivity contribution in [2.45, 2.75) is 43.0 Å². The summed E-state index contributed by atoms with van der Waals surface area (Å²) >= 11 is 1.39. The SMILES string of the molecule is CCCSc1nc(OC(N)=O)c2nnn([C@H]3CO[C@@H](C(OC)OC)[C@@H]3O)c2n1. The van der Waals surface area contributed by atoms with Crippen LogP contribution in [0.15, 0.2) is 5.16 Å². The van der Waals surface area contributed by atoms with Crippen molar-refractivity contribution in [3.63, 3.8) is 0 Å². The zero-order chi connectivity index (χ0) is 20.3. The van der Waals surface area contributed by atoms with Crippen LogP contribution in [0.2, 0.25) is 0 Å². The van der Waals surface area contributed by atoms with Gasteiger partial charge < -0.3 is 29.8 Å². The van der Waals surface area contributed by atoms with E-state index >= 15 is 0 Å². The smallest absolute Gasteiger partial charge is 0.389 e. The van der Waals surface area contributed by atoms with Crippen LogP contribution in [0.25, 0.3) is 11.2 Å². The third-order valence-electron chi connectivity index (χ3n) is 4.14. The first kappa shape index (κ1) is 20.7. The molecule has 0 aliphatic carbocycles. The molecule has 0 aromatic carbocycles. The molecule has 154 valence electrons. The summed E-state index contributed by atoms with van der Waals surface area (Å²) in [5.74, 6) is 0.683. The molecule has 1 aliphatic rings. The molecule has 2 aromatic rings. The number of carbonyl (C=O) groups is 1. The highest BCUT2D eigenvalue weighted by Gasteiger charge is 2.43. The van der Waals surface area contributed by atoms with Gasteiger partial charge in [-0.3, -0.25) is 0 Å².